The summed E-state index contributed by atoms with van der Waals surface area (Å²) >= 11 is 0. The van der Waals surface area contributed by atoms with E-state index in [0.717, 1.165) is 55.2 Å². The summed E-state index contributed by atoms with van der Waals surface area (Å²) in [5, 5.41) is 20.9. The predicted octanol–water partition coefficient (Wildman–Crippen LogP) is 9.28. The lowest BCUT2D eigenvalue weighted by Gasteiger charge is -2.15. The summed E-state index contributed by atoms with van der Waals surface area (Å²) in [4.78, 5) is 29.2. The number of carbonyl (C=O) groups excluding carboxylic acids is 2. The van der Waals surface area contributed by atoms with E-state index in [2.05, 4.69) is 53.1 Å². The van der Waals surface area contributed by atoms with E-state index >= 15 is 0 Å². The normalized spacial score (nSPS) is 12.4. The van der Waals surface area contributed by atoms with Gasteiger partial charge >= 0.3 is 0 Å². The van der Waals surface area contributed by atoms with Crippen LogP contribution < -0.4 is 4.90 Å². The lowest BCUT2D eigenvalue weighted by molar-refractivity contribution is 0.0926. The second kappa shape index (κ2) is 10.9. The molecule has 0 fully saturated rings. The Balaban J connectivity index is 1.42. The zero-order valence-corrected chi connectivity index (χ0v) is 26.2. The number of aromatic nitrogens is 1. The SMILES string of the molecule is Cc1cc(C#N)ccc1-c1ccc2c3ccc(-c4ccc(C#N)cc4C)cc3n(-c3cccc4c3C(=O)N(c3ccccc3)C4=O)c2c1. The summed E-state index contributed by atoms with van der Waals surface area (Å²) in [7, 11) is 0. The molecule has 1 aliphatic heterocycles. The van der Waals surface area contributed by atoms with E-state index in [9.17, 15) is 20.1 Å². The molecule has 6 heteroatoms. The quantitative estimate of drug-likeness (QED) is 0.184. The number of hydrogen-bond acceptors (Lipinski definition) is 4. The van der Waals surface area contributed by atoms with E-state index in [0.29, 0.717) is 33.6 Å². The van der Waals surface area contributed by atoms with Gasteiger partial charge in [-0.05, 0) is 108 Å². The summed E-state index contributed by atoms with van der Waals surface area (Å²) in [6, 6.07) is 42.8. The molecule has 1 aliphatic rings. The van der Waals surface area contributed by atoms with Gasteiger partial charge in [0.05, 0.1) is 56.8 Å². The molecule has 0 N–H and O–H groups in total. The molecule has 226 valence electrons. The molecule has 2 amide bonds. The number of fused-ring (bicyclic) bond motifs is 4. The van der Waals surface area contributed by atoms with E-state index in [1.807, 2.05) is 80.6 Å². The van der Waals surface area contributed by atoms with Crippen molar-refractivity contribution in [1.29, 1.82) is 10.5 Å². The number of carbonyl (C=O) groups is 2. The van der Waals surface area contributed by atoms with Gasteiger partial charge in [-0.15, -0.1) is 0 Å². The first kappa shape index (κ1) is 28.7. The van der Waals surface area contributed by atoms with E-state index in [1.165, 1.54) is 4.90 Å². The number of rotatable bonds is 4. The average molecular weight is 619 g/mol. The molecular formula is C42H26N4O2. The van der Waals surface area contributed by atoms with Crippen LogP contribution in [0.25, 0.3) is 49.7 Å². The molecule has 6 nitrogen and oxygen atoms in total. The minimum Gasteiger partial charge on any atom is -0.308 e. The molecule has 7 aromatic rings. The van der Waals surface area contributed by atoms with Crippen molar-refractivity contribution in [1.82, 2.24) is 4.57 Å². The molecule has 0 aliphatic carbocycles. The Labute approximate surface area is 276 Å². The van der Waals surface area contributed by atoms with E-state index in [4.69, 9.17) is 0 Å². The largest absolute Gasteiger partial charge is 0.308 e. The van der Waals surface area contributed by atoms with Gasteiger partial charge in [-0.1, -0.05) is 60.7 Å². The summed E-state index contributed by atoms with van der Waals surface area (Å²) < 4.78 is 2.09. The molecular weight excluding hydrogens is 592 g/mol. The molecule has 48 heavy (non-hydrogen) atoms. The second-order valence-corrected chi connectivity index (χ2v) is 12.1. The molecule has 0 saturated heterocycles. The van der Waals surface area contributed by atoms with Crippen molar-refractivity contribution < 1.29 is 9.59 Å². The first-order valence-corrected chi connectivity index (χ1v) is 15.6. The van der Waals surface area contributed by atoms with Gasteiger partial charge in [0.1, 0.15) is 0 Å². The number of anilines is 1. The zero-order chi connectivity index (χ0) is 33.1. The molecule has 0 atom stereocenters. The van der Waals surface area contributed by atoms with Crippen molar-refractivity contribution in [3.8, 4) is 40.1 Å². The summed E-state index contributed by atoms with van der Waals surface area (Å²) in [5.74, 6) is -0.725. The summed E-state index contributed by atoms with van der Waals surface area (Å²) in [6.45, 7) is 3.99. The molecule has 0 radical (unpaired) electrons. The van der Waals surface area contributed by atoms with Crippen LogP contribution in [0.3, 0.4) is 0 Å². The van der Waals surface area contributed by atoms with Crippen LogP contribution in [0.4, 0.5) is 5.69 Å². The van der Waals surface area contributed by atoms with Crippen molar-refractivity contribution in [2.24, 2.45) is 0 Å². The molecule has 0 bridgehead atoms. The van der Waals surface area contributed by atoms with E-state index in [-0.39, 0.29) is 11.8 Å². The van der Waals surface area contributed by atoms with Gasteiger partial charge in [0.2, 0.25) is 0 Å². The Kier molecular flexibility index (Phi) is 6.54. The number of hydrogen-bond donors (Lipinski definition) is 0. The second-order valence-electron chi connectivity index (χ2n) is 12.1. The molecule has 6 aromatic carbocycles. The highest BCUT2D eigenvalue weighted by molar-refractivity contribution is 6.35. The Morgan fingerprint density at radius 3 is 1.62 bits per heavy atom. The van der Waals surface area contributed by atoms with Gasteiger partial charge in [-0.3, -0.25) is 9.59 Å². The number of nitrogens with zero attached hydrogens (tertiary/aromatic N) is 4. The molecule has 8 rings (SSSR count). The first-order valence-electron chi connectivity index (χ1n) is 15.6. The minimum atomic E-state index is -0.370. The van der Waals surface area contributed by atoms with Gasteiger partial charge in [-0.2, -0.15) is 10.5 Å². The van der Waals surface area contributed by atoms with Crippen LogP contribution in [-0.4, -0.2) is 16.4 Å². The van der Waals surface area contributed by atoms with Crippen molar-refractivity contribution in [3.63, 3.8) is 0 Å². The van der Waals surface area contributed by atoms with E-state index < -0.39 is 0 Å². The average Bonchev–Trinajstić information content (AvgIpc) is 3.57. The Bertz CT molecular complexity index is 2480. The lowest BCUT2D eigenvalue weighted by Crippen LogP contribution is -2.29. The summed E-state index contributed by atoms with van der Waals surface area (Å²) in [6.07, 6.45) is 0. The number of nitriles is 2. The monoisotopic (exact) mass is 618 g/mol. The third-order valence-electron chi connectivity index (χ3n) is 9.25. The molecule has 2 heterocycles. The number of amides is 2. The Morgan fingerprint density at radius 1 is 0.542 bits per heavy atom. The van der Waals surface area contributed by atoms with Gasteiger partial charge in [-0.25, -0.2) is 4.90 Å². The van der Waals surface area contributed by atoms with Crippen molar-refractivity contribution in [3.05, 3.63) is 155 Å². The lowest BCUT2D eigenvalue weighted by atomic mass is 9.96. The number of para-hydroxylation sites is 1. The minimum absolute atomic E-state index is 0.352. The van der Waals surface area contributed by atoms with Gasteiger partial charge in [0.25, 0.3) is 11.8 Å². The highest BCUT2D eigenvalue weighted by atomic mass is 16.2. The number of benzene rings is 6. The van der Waals surface area contributed by atoms with Crippen LogP contribution in [0.2, 0.25) is 0 Å². The highest BCUT2D eigenvalue weighted by Gasteiger charge is 2.39. The van der Waals surface area contributed by atoms with E-state index in [1.54, 1.807) is 18.2 Å². The highest BCUT2D eigenvalue weighted by Crippen LogP contribution is 2.41. The van der Waals surface area contributed by atoms with Crippen LogP contribution in [0.15, 0.2) is 121 Å². The maximum absolute atomic E-state index is 14.2. The zero-order valence-electron chi connectivity index (χ0n) is 26.2. The predicted molar refractivity (Wildman–Crippen MR) is 188 cm³/mol. The molecule has 0 unspecified atom stereocenters. The van der Waals surface area contributed by atoms with Gasteiger partial charge in [0.15, 0.2) is 0 Å². The third-order valence-corrected chi connectivity index (χ3v) is 9.25. The van der Waals surface area contributed by atoms with Gasteiger partial charge < -0.3 is 4.57 Å². The van der Waals surface area contributed by atoms with Crippen LogP contribution in [-0.2, 0) is 0 Å². The fourth-order valence-corrected chi connectivity index (χ4v) is 6.99. The molecule has 0 spiro atoms. The van der Waals surface area contributed by atoms with Crippen LogP contribution in [0.1, 0.15) is 43.0 Å². The molecule has 1 aromatic heterocycles. The van der Waals surface area contributed by atoms with Crippen molar-refractivity contribution >= 4 is 39.3 Å². The Hall–Kier alpha value is -6.76. The number of aryl methyl sites for hydroxylation is 2. The topological polar surface area (TPSA) is 89.9 Å². The fourth-order valence-electron chi connectivity index (χ4n) is 6.99. The maximum Gasteiger partial charge on any atom is 0.268 e. The molecule has 0 saturated carbocycles. The van der Waals surface area contributed by atoms with Gasteiger partial charge in [0, 0.05) is 10.8 Å². The third kappa shape index (κ3) is 4.32. The van der Waals surface area contributed by atoms with Crippen LogP contribution in [0.5, 0.6) is 0 Å². The maximum atomic E-state index is 14.2. The fraction of sp³-hybridized carbons (Fsp3) is 0.0476. The van der Waals surface area contributed by atoms with Crippen molar-refractivity contribution in [2.45, 2.75) is 13.8 Å². The smallest absolute Gasteiger partial charge is 0.268 e. The van der Waals surface area contributed by atoms with Crippen LogP contribution >= 0.6 is 0 Å². The summed E-state index contributed by atoms with van der Waals surface area (Å²) in [5.41, 5.74) is 10.7. The first-order chi connectivity index (χ1) is 23.4. The Morgan fingerprint density at radius 2 is 1.10 bits per heavy atom. The van der Waals surface area contributed by atoms with Crippen molar-refractivity contribution in [2.75, 3.05) is 4.90 Å². The number of imide groups is 1. The standard InChI is InChI=1S/C42H26N4O2/c1-25-19-27(23-43)11-15-32(25)29-13-17-34-35-18-14-30(33-16-12-28(24-44)20-26(33)2)22-39(35)46(38(34)21-29)37-10-6-9-36-40(37)42(48)45(41(36)47)31-7-4-3-5-8-31/h3-22H,1-2H3. The van der Waals surface area contributed by atoms with Crippen LogP contribution in [0, 0.1) is 36.5 Å².